The van der Waals surface area contributed by atoms with Gasteiger partial charge in [-0.3, -0.25) is 4.79 Å². The second-order valence-corrected chi connectivity index (χ2v) is 10.6. The van der Waals surface area contributed by atoms with Gasteiger partial charge in [-0.2, -0.15) is 0 Å². The summed E-state index contributed by atoms with van der Waals surface area (Å²) in [6.07, 6.45) is 1.12. The van der Waals surface area contributed by atoms with E-state index in [1.165, 1.54) is 5.56 Å². The number of thioether (sulfide) groups is 1. The fourth-order valence-electron chi connectivity index (χ4n) is 3.21. The minimum Gasteiger partial charge on any atom is -0.325 e. The van der Waals surface area contributed by atoms with Gasteiger partial charge in [0.1, 0.15) is 0 Å². The Kier molecular flexibility index (Phi) is 7.34. The van der Waals surface area contributed by atoms with E-state index in [1.54, 1.807) is 30.0 Å². The Morgan fingerprint density at radius 3 is 2.72 bits per heavy atom. The lowest BCUT2D eigenvalue weighted by Gasteiger charge is -2.17. The summed E-state index contributed by atoms with van der Waals surface area (Å²) in [5.74, 6) is -0.0901. The first-order chi connectivity index (χ1) is 13.8. The molecule has 1 amide bonds. The molecule has 0 unspecified atom stereocenters. The van der Waals surface area contributed by atoms with Crippen LogP contribution in [0.3, 0.4) is 0 Å². The van der Waals surface area contributed by atoms with Gasteiger partial charge >= 0.3 is 0 Å². The third kappa shape index (κ3) is 6.30. The van der Waals surface area contributed by atoms with Crippen LogP contribution in [0.1, 0.15) is 25.3 Å². The van der Waals surface area contributed by atoms with Gasteiger partial charge in [0, 0.05) is 29.7 Å². The van der Waals surface area contributed by atoms with Gasteiger partial charge in [-0.25, -0.2) is 13.1 Å². The molecule has 8 heteroatoms. The fourth-order valence-corrected chi connectivity index (χ4v) is 5.36. The molecule has 1 atom stereocenters. The normalized spacial score (nSPS) is 16.9. The van der Waals surface area contributed by atoms with Gasteiger partial charge in [0.2, 0.25) is 15.9 Å². The fraction of sp³-hybridized carbons (Fsp3) is 0.381. The number of anilines is 1. The van der Waals surface area contributed by atoms with Crippen LogP contribution in [-0.2, 0) is 21.4 Å². The van der Waals surface area contributed by atoms with Crippen molar-refractivity contribution >= 4 is 33.4 Å². The molecule has 0 saturated heterocycles. The van der Waals surface area contributed by atoms with Crippen LogP contribution in [-0.4, -0.2) is 44.6 Å². The largest absolute Gasteiger partial charge is 0.325 e. The van der Waals surface area contributed by atoms with Gasteiger partial charge in [-0.15, -0.1) is 11.8 Å². The standard InChI is InChI=1S/C21H27N3O3S2/c1-16-13-21(25)23-19-14-18(9-10-20(19)28-16)29(26,27)22-11-6-12-24(2)15-17-7-4-3-5-8-17/h3-5,7-10,14,16,22H,6,11-13,15H2,1-2H3,(H,23,25)/t16-/m1/s1. The van der Waals surface area contributed by atoms with Crippen molar-refractivity contribution < 1.29 is 13.2 Å². The molecule has 1 aliphatic rings. The van der Waals surface area contributed by atoms with E-state index in [0.717, 1.165) is 18.0 Å². The van der Waals surface area contributed by atoms with Crippen molar-refractivity contribution in [3.63, 3.8) is 0 Å². The molecule has 0 bridgehead atoms. The number of hydrogen-bond donors (Lipinski definition) is 2. The molecule has 1 aliphatic heterocycles. The molecular formula is C21H27N3O3S2. The molecule has 0 fully saturated rings. The maximum Gasteiger partial charge on any atom is 0.240 e. The number of hydrogen-bond acceptors (Lipinski definition) is 5. The molecular weight excluding hydrogens is 406 g/mol. The number of nitrogens with one attached hydrogen (secondary N) is 2. The molecule has 0 aliphatic carbocycles. The number of carbonyl (C=O) groups is 1. The molecule has 3 rings (SSSR count). The third-order valence-corrected chi connectivity index (χ3v) is 7.28. The van der Waals surface area contributed by atoms with Crippen LogP contribution < -0.4 is 10.0 Å². The van der Waals surface area contributed by atoms with Gasteiger partial charge in [-0.05, 0) is 43.8 Å². The van der Waals surface area contributed by atoms with Crippen LogP contribution in [0, 0.1) is 0 Å². The summed E-state index contributed by atoms with van der Waals surface area (Å²) in [6, 6.07) is 15.1. The van der Waals surface area contributed by atoms with Crippen LogP contribution >= 0.6 is 11.8 Å². The second kappa shape index (κ2) is 9.75. The van der Waals surface area contributed by atoms with Gasteiger partial charge in [0.25, 0.3) is 0 Å². The molecule has 156 valence electrons. The Labute approximate surface area is 177 Å². The molecule has 2 N–H and O–H groups in total. The summed E-state index contributed by atoms with van der Waals surface area (Å²) in [5.41, 5.74) is 1.80. The van der Waals surface area contributed by atoms with Gasteiger partial charge in [0.05, 0.1) is 10.6 Å². The van der Waals surface area contributed by atoms with Crippen molar-refractivity contribution in [3.05, 3.63) is 54.1 Å². The first-order valence-corrected chi connectivity index (χ1v) is 12.0. The summed E-state index contributed by atoms with van der Waals surface area (Å²) in [4.78, 5) is 15.2. The Hall–Kier alpha value is -1.87. The maximum absolute atomic E-state index is 12.6. The lowest BCUT2D eigenvalue weighted by Crippen LogP contribution is -2.28. The van der Waals surface area contributed by atoms with E-state index < -0.39 is 10.0 Å². The summed E-state index contributed by atoms with van der Waals surface area (Å²) in [6.45, 7) is 3.96. The van der Waals surface area contributed by atoms with Gasteiger partial charge in [0.15, 0.2) is 0 Å². The topological polar surface area (TPSA) is 78.5 Å². The monoisotopic (exact) mass is 433 g/mol. The minimum absolute atomic E-state index is 0.0901. The second-order valence-electron chi connectivity index (χ2n) is 7.31. The lowest BCUT2D eigenvalue weighted by atomic mass is 10.2. The number of fused-ring (bicyclic) bond motifs is 1. The Bertz CT molecular complexity index is 949. The highest BCUT2D eigenvalue weighted by Gasteiger charge is 2.22. The average Bonchev–Trinajstić information content (AvgIpc) is 2.81. The quantitative estimate of drug-likeness (QED) is 0.625. The molecule has 0 saturated carbocycles. The predicted octanol–water partition coefficient (Wildman–Crippen LogP) is 3.31. The molecule has 0 radical (unpaired) electrons. The summed E-state index contributed by atoms with van der Waals surface area (Å²) in [5, 5.41) is 2.97. The number of sulfonamides is 1. The number of nitrogens with zero attached hydrogens (tertiary/aromatic N) is 1. The van der Waals surface area contributed by atoms with Gasteiger partial charge in [-0.1, -0.05) is 37.3 Å². The molecule has 2 aromatic carbocycles. The van der Waals surface area contributed by atoms with Crippen molar-refractivity contribution in [2.75, 3.05) is 25.5 Å². The SMILES string of the molecule is C[C@@H]1CC(=O)Nc2cc(S(=O)(=O)NCCCN(C)Cc3ccccc3)ccc2S1. The zero-order chi connectivity index (χ0) is 20.9. The van der Waals surface area contributed by atoms with E-state index >= 15 is 0 Å². The zero-order valence-electron chi connectivity index (χ0n) is 16.7. The Balaban J connectivity index is 1.54. The molecule has 6 nitrogen and oxygen atoms in total. The van der Waals surface area contributed by atoms with Crippen LogP contribution in [0.5, 0.6) is 0 Å². The molecule has 1 heterocycles. The molecule has 2 aromatic rings. The van der Waals surface area contributed by atoms with Crippen LogP contribution in [0.15, 0.2) is 58.3 Å². The number of rotatable bonds is 8. The predicted molar refractivity (Wildman–Crippen MR) is 118 cm³/mol. The van der Waals surface area contributed by atoms with Crippen molar-refractivity contribution in [1.29, 1.82) is 0 Å². The molecule has 0 aromatic heterocycles. The van der Waals surface area contributed by atoms with E-state index in [0.29, 0.717) is 25.1 Å². The summed E-state index contributed by atoms with van der Waals surface area (Å²) in [7, 11) is -1.60. The van der Waals surface area contributed by atoms with Crippen molar-refractivity contribution in [2.45, 2.75) is 41.4 Å². The Morgan fingerprint density at radius 2 is 1.97 bits per heavy atom. The molecule has 0 spiro atoms. The molecule has 29 heavy (non-hydrogen) atoms. The van der Waals surface area contributed by atoms with Crippen LogP contribution in [0.2, 0.25) is 0 Å². The minimum atomic E-state index is -3.62. The van der Waals surface area contributed by atoms with Crippen molar-refractivity contribution in [3.8, 4) is 0 Å². The number of carbonyl (C=O) groups excluding carboxylic acids is 1. The number of benzene rings is 2. The first-order valence-electron chi connectivity index (χ1n) is 9.66. The average molecular weight is 434 g/mol. The van der Waals surface area contributed by atoms with Crippen LogP contribution in [0.4, 0.5) is 5.69 Å². The first kappa shape index (κ1) is 21.8. The maximum atomic E-state index is 12.6. The Morgan fingerprint density at radius 1 is 1.21 bits per heavy atom. The third-order valence-electron chi connectivity index (χ3n) is 4.64. The number of amides is 1. The summed E-state index contributed by atoms with van der Waals surface area (Å²) >= 11 is 1.58. The van der Waals surface area contributed by atoms with E-state index in [1.807, 2.05) is 32.2 Å². The van der Waals surface area contributed by atoms with E-state index in [-0.39, 0.29) is 16.1 Å². The highest BCUT2D eigenvalue weighted by atomic mass is 32.2. The smallest absolute Gasteiger partial charge is 0.240 e. The highest BCUT2D eigenvalue weighted by Crippen LogP contribution is 2.36. The summed E-state index contributed by atoms with van der Waals surface area (Å²) < 4.78 is 27.9. The van der Waals surface area contributed by atoms with Crippen LogP contribution in [0.25, 0.3) is 0 Å². The van der Waals surface area contributed by atoms with E-state index in [4.69, 9.17) is 0 Å². The van der Waals surface area contributed by atoms with E-state index in [2.05, 4.69) is 27.1 Å². The zero-order valence-corrected chi connectivity index (χ0v) is 18.4. The van der Waals surface area contributed by atoms with Crippen molar-refractivity contribution in [1.82, 2.24) is 9.62 Å². The van der Waals surface area contributed by atoms with Gasteiger partial charge < -0.3 is 10.2 Å². The van der Waals surface area contributed by atoms with Crippen molar-refractivity contribution in [2.24, 2.45) is 0 Å². The highest BCUT2D eigenvalue weighted by molar-refractivity contribution is 8.00. The van der Waals surface area contributed by atoms with E-state index in [9.17, 15) is 13.2 Å². The lowest BCUT2D eigenvalue weighted by molar-refractivity contribution is -0.116.